The normalized spacial score (nSPS) is 10.6. The topological polar surface area (TPSA) is 51.7 Å². The van der Waals surface area contributed by atoms with Gasteiger partial charge in [-0.1, -0.05) is 11.6 Å². The zero-order valence-electron chi connectivity index (χ0n) is 12.2. The Balaban J connectivity index is 2.79. The van der Waals surface area contributed by atoms with Gasteiger partial charge in [0.25, 0.3) is 5.91 Å². The second-order valence-corrected chi connectivity index (χ2v) is 4.84. The van der Waals surface area contributed by atoms with E-state index >= 15 is 0 Å². The zero-order chi connectivity index (χ0) is 15.0. The van der Waals surface area contributed by atoms with Gasteiger partial charge in [-0.2, -0.15) is 0 Å². The van der Waals surface area contributed by atoms with Crippen LogP contribution >= 0.6 is 11.6 Å². The van der Waals surface area contributed by atoms with E-state index in [1.54, 1.807) is 31.3 Å². The third-order valence-corrected chi connectivity index (χ3v) is 2.99. The zero-order valence-corrected chi connectivity index (χ0v) is 12.9. The lowest BCUT2D eigenvalue weighted by atomic mass is 10.2. The molecule has 0 saturated heterocycles. The quantitative estimate of drug-likeness (QED) is 0.545. The minimum absolute atomic E-state index is 0.0643. The molecule has 0 bridgehead atoms. The Morgan fingerprint density at radius 3 is 2.55 bits per heavy atom. The fraction of sp³-hybridized carbons (Fsp3) is 0.571. The number of amides is 1. The second kappa shape index (κ2) is 8.89. The number of halogens is 1. The number of methoxy groups -OCH3 is 2. The van der Waals surface area contributed by atoms with Crippen LogP contribution in [0.25, 0.3) is 0 Å². The highest BCUT2D eigenvalue weighted by Crippen LogP contribution is 2.13. The lowest BCUT2D eigenvalue weighted by Crippen LogP contribution is -2.35. The number of carbonyl (C=O) groups is 1. The van der Waals surface area contributed by atoms with Crippen LogP contribution in [0.3, 0.4) is 0 Å². The van der Waals surface area contributed by atoms with Crippen molar-refractivity contribution in [2.75, 3.05) is 40.5 Å². The van der Waals surface area contributed by atoms with Gasteiger partial charge in [-0.3, -0.25) is 4.79 Å². The molecule has 0 radical (unpaired) electrons. The van der Waals surface area contributed by atoms with Crippen molar-refractivity contribution in [2.24, 2.45) is 0 Å². The van der Waals surface area contributed by atoms with Crippen molar-refractivity contribution < 1.29 is 14.3 Å². The summed E-state index contributed by atoms with van der Waals surface area (Å²) in [5.74, 6) is -0.0643. The number of carbonyl (C=O) groups excluding carboxylic acids is 1. The summed E-state index contributed by atoms with van der Waals surface area (Å²) in [4.78, 5) is 18.3. The number of hydrogen-bond donors (Lipinski definition) is 0. The Bertz CT molecular complexity index is 420. The molecule has 6 heteroatoms. The van der Waals surface area contributed by atoms with Crippen LogP contribution in [0.15, 0.2) is 12.1 Å². The Hall–Kier alpha value is -1.17. The van der Waals surface area contributed by atoms with Crippen LogP contribution in [-0.2, 0) is 9.47 Å². The van der Waals surface area contributed by atoms with Gasteiger partial charge in [0.15, 0.2) is 0 Å². The van der Waals surface area contributed by atoms with Crippen molar-refractivity contribution in [3.8, 4) is 0 Å². The van der Waals surface area contributed by atoms with Gasteiger partial charge >= 0.3 is 0 Å². The molecular formula is C14H21ClN2O3. The molecule has 0 fully saturated rings. The Kier molecular flexibility index (Phi) is 7.51. The van der Waals surface area contributed by atoms with E-state index in [2.05, 4.69) is 4.98 Å². The monoisotopic (exact) mass is 300 g/mol. The molecule has 112 valence electrons. The van der Waals surface area contributed by atoms with E-state index in [1.165, 1.54) is 0 Å². The number of pyridine rings is 1. The molecule has 0 spiro atoms. The molecule has 0 N–H and O–H groups in total. The molecular weight excluding hydrogens is 280 g/mol. The predicted octanol–water partition coefficient (Wildman–Crippen LogP) is 2.17. The van der Waals surface area contributed by atoms with Crippen LogP contribution in [-0.4, -0.2) is 56.3 Å². The van der Waals surface area contributed by atoms with Crippen LogP contribution in [0.5, 0.6) is 0 Å². The number of nitrogens with zero attached hydrogens (tertiary/aromatic N) is 2. The third-order valence-electron chi connectivity index (χ3n) is 2.80. The molecule has 1 rings (SSSR count). The number of rotatable bonds is 8. The predicted molar refractivity (Wildman–Crippen MR) is 78.3 cm³/mol. The fourth-order valence-corrected chi connectivity index (χ4v) is 2.10. The van der Waals surface area contributed by atoms with Gasteiger partial charge in [-0.05, 0) is 25.5 Å². The summed E-state index contributed by atoms with van der Waals surface area (Å²) in [5, 5.41) is 0.330. The summed E-state index contributed by atoms with van der Waals surface area (Å²) in [6.45, 7) is 4.09. The first-order valence-corrected chi connectivity index (χ1v) is 6.87. The summed E-state index contributed by atoms with van der Waals surface area (Å²) in [6, 6.07) is 3.33. The molecule has 1 heterocycles. The van der Waals surface area contributed by atoms with Crippen LogP contribution in [0, 0.1) is 6.92 Å². The molecule has 0 aliphatic heterocycles. The summed E-state index contributed by atoms with van der Waals surface area (Å²) < 4.78 is 10.1. The highest BCUT2D eigenvalue weighted by molar-refractivity contribution is 6.29. The Morgan fingerprint density at radius 1 is 1.25 bits per heavy atom. The molecule has 20 heavy (non-hydrogen) atoms. The number of hydrogen-bond acceptors (Lipinski definition) is 4. The smallest absolute Gasteiger partial charge is 0.254 e. The van der Waals surface area contributed by atoms with Crippen molar-refractivity contribution in [2.45, 2.75) is 13.3 Å². The fourth-order valence-electron chi connectivity index (χ4n) is 1.85. The van der Waals surface area contributed by atoms with E-state index in [-0.39, 0.29) is 5.91 Å². The lowest BCUT2D eigenvalue weighted by molar-refractivity contribution is 0.0674. The molecule has 0 saturated carbocycles. The van der Waals surface area contributed by atoms with E-state index in [4.69, 9.17) is 21.1 Å². The van der Waals surface area contributed by atoms with Gasteiger partial charge in [-0.15, -0.1) is 0 Å². The van der Waals surface area contributed by atoms with E-state index in [0.29, 0.717) is 37.0 Å². The number of aryl methyl sites for hydroxylation is 1. The van der Waals surface area contributed by atoms with Crippen LogP contribution < -0.4 is 0 Å². The minimum atomic E-state index is -0.0643. The first kappa shape index (κ1) is 16.9. The van der Waals surface area contributed by atoms with Crippen molar-refractivity contribution in [1.82, 2.24) is 9.88 Å². The minimum Gasteiger partial charge on any atom is -0.385 e. The Morgan fingerprint density at radius 2 is 1.95 bits per heavy atom. The van der Waals surface area contributed by atoms with Crippen LogP contribution in [0.2, 0.25) is 5.15 Å². The van der Waals surface area contributed by atoms with Gasteiger partial charge in [0.2, 0.25) is 0 Å². The van der Waals surface area contributed by atoms with Gasteiger partial charge in [-0.25, -0.2) is 4.98 Å². The second-order valence-electron chi connectivity index (χ2n) is 4.45. The van der Waals surface area contributed by atoms with E-state index in [0.717, 1.165) is 12.1 Å². The lowest BCUT2D eigenvalue weighted by Gasteiger charge is -2.22. The first-order chi connectivity index (χ1) is 9.58. The van der Waals surface area contributed by atoms with E-state index in [1.807, 2.05) is 6.92 Å². The molecule has 0 aliphatic carbocycles. The van der Waals surface area contributed by atoms with Gasteiger partial charge in [0.1, 0.15) is 5.15 Å². The molecule has 0 aromatic carbocycles. The van der Waals surface area contributed by atoms with E-state index < -0.39 is 0 Å². The molecule has 0 atom stereocenters. The maximum Gasteiger partial charge on any atom is 0.254 e. The van der Waals surface area contributed by atoms with Crippen molar-refractivity contribution in [3.05, 3.63) is 28.5 Å². The third kappa shape index (κ3) is 5.45. The van der Waals surface area contributed by atoms with Crippen LogP contribution in [0.4, 0.5) is 0 Å². The Labute approximate surface area is 124 Å². The van der Waals surface area contributed by atoms with Gasteiger partial charge < -0.3 is 14.4 Å². The number of aromatic nitrogens is 1. The van der Waals surface area contributed by atoms with Crippen molar-refractivity contribution >= 4 is 17.5 Å². The van der Waals surface area contributed by atoms with Crippen molar-refractivity contribution in [3.63, 3.8) is 0 Å². The SMILES string of the molecule is COCCCN(CCOC)C(=O)c1cc(C)nc(Cl)c1. The standard InChI is InChI=1S/C14H21ClN2O3/c1-11-9-12(10-13(15)16-11)14(18)17(6-8-20-3)5-4-7-19-2/h9-10H,4-8H2,1-3H3. The highest BCUT2D eigenvalue weighted by atomic mass is 35.5. The average Bonchev–Trinajstić information content (AvgIpc) is 2.41. The average molecular weight is 301 g/mol. The molecule has 1 aromatic rings. The summed E-state index contributed by atoms with van der Waals surface area (Å²) in [6.07, 6.45) is 0.782. The summed E-state index contributed by atoms with van der Waals surface area (Å²) >= 11 is 5.90. The molecule has 0 aliphatic rings. The van der Waals surface area contributed by atoms with Gasteiger partial charge in [0.05, 0.1) is 6.61 Å². The maximum absolute atomic E-state index is 12.5. The van der Waals surface area contributed by atoms with E-state index in [9.17, 15) is 4.79 Å². The maximum atomic E-state index is 12.5. The summed E-state index contributed by atoms with van der Waals surface area (Å²) in [7, 11) is 3.26. The van der Waals surface area contributed by atoms with Gasteiger partial charge in [0, 0.05) is 45.2 Å². The van der Waals surface area contributed by atoms with Crippen LogP contribution in [0.1, 0.15) is 22.5 Å². The first-order valence-electron chi connectivity index (χ1n) is 6.49. The molecule has 0 unspecified atom stereocenters. The highest BCUT2D eigenvalue weighted by Gasteiger charge is 2.16. The van der Waals surface area contributed by atoms with Crippen molar-refractivity contribution in [1.29, 1.82) is 0 Å². The molecule has 1 aromatic heterocycles. The largest absolute Gasteiger partial charge is 0.385 e. The molecule has 5 nitrogen and oxygen atoms in total. The summed E-state index contributed by atoms with van der Waals surface area (Å²) in [5.41, 5.74) is 1.28. The molecule has 1 amide bonds. The number of ether oxygens (including phenoxy) is 2.